The Kier molecular flexibility index (Phi) is 13.7. The van der Waals surface area contributed by atoms with E-state index < -0.39 is 29.5 Å². The van der Waals surface area contributed by atoms with E-state index in [0.717, 1.165) is 10.3 Å². The number of aromatic nitrogens is 4. The molecule has 0 aliphatic rings. The minimum Gasteiger partial charge on any atom is -0.543 e. The number of aromatic carboxylic acids is 3. The van der Waals surface area contributed by atoms with Gasteiger partial charge in [-0.1, -0.05) is 18.2 Å². The third kappa shape index (κ3) is 11.5. The molecule has 5 aromatic rings. The van der Waals surface area contributed by atoms with E-state index >= 15 is 0 Å². The van der Waals surface area contributed by atoms with Crippen LogP contribution in [-0.4, -0.2) is 37.8 Å². The van der Waals surface area contributed by atoms with E-state index in [1.807, 2.05) is 0 Å². The van der Waals surface area contributed by atoms with Crippen molar-refractivity contribution >= 4 is 22.1 Å². The first-order valence-corrected chi connectivity index (χ1v) is 12.7. The number of carboxylic acid groups (broad SMARTS) is 3. The van der Waals surface area contributed by atoms with Crippen molar-refractivity contribution in [3.8, 4) is 11.1 Å². The molecule has 0 spiro atoms. The fraction of sp³-hybridized carbons (Fsp3) is 0. The van der Waals surface area contributed by atoms with E-state index in [1.54, 1.807) is 73.6 Å². The molecule has 10 nitrogen and oxygen atoms in total. The van der Waals surface area contributed by atoms with Gasteiger partial charge in [0.25, 0.3) is 0 Å². The molecule has 0 aliphatic carbocycles. The zero-order chi connectivity index (χ0) is 30.9. The van der Waals surface area contributed by atoms with Crippen molar-refractivity contribution in [1.82, 2.24) is 19.9 Å². The molecule has 0 saturated carbocycles. The number of halogens is 2. The molecule has 0 bridgehead atoms. The molecule has 13 heteroatoms. The van der Waals surface area contributed by atoms with Crippen molar-refractivity contribution in [2.75, 3.05) is 0 Å². The summed E-state index contributed by atoms with van der Waals surface area (Å²) < 4.78 is 26.9. The minimum absolute atomic E-state index is 0.0301. The van der Waals surface area contributed by atoms with Gasteiger partial charge in [0.1, 0.15) is 0 Å². The van der Waals surface area contributed by atoms with Crippen LogP contribution in [0.15, 0.2) is 110 Å². The molecular formula is C29H18F2IrN4O6. The third-order valence-corrected chi connectivity index (χ3v) is 5.54. The van der Waals surface area contributed by atoms with Crippen LogP contribution in [0.3, 0.4) is 0 Å². The summed E-state index contributed by atoms with van der Waals surface area (Å²) in [6, 6.07) is 20.9. The predicted molar refractivity (Wildman–Crippen MR) is 135 cm³/mol. The Morgan fingerprint density at radius 2 is 0.976 bits per heavy atom. The number of rotatable bonds is 4. The number of carboxylic acids is 3. The Morgan fingerprint density at radius 3 is 1.29 bits per heavy atom. The largest absolute Gasteiger partial charge is 0.543 e. The number of carbonyl (C=O) groups excluding carboxylic acids is 3. The van der Waals surface area contributed by atoms with Crippen LogP contribution in [0.4, 0.5) is 8.78 Å². The molecule has 0 saturated heterocycles. The molecule has 5 rings (SSSR count). The Hall–Kier alpha value is -5.26. The Morgan fingerprint density at radius 1 is 0.548 bits per heavy atom. The zero-order valence-corrected chi connectivity index (χ0v) is 23.6. The zero-order valence-electron chi connectivity index (χ0n) is 21.2. The van der Waals surface area contributed by atoms with Crippen LogP contribution in [0, 0.1) is 11.6 Å². The van der Waals surface area contributed by atoms with E-state index in [9.17, 15) is 38.5 Å². The Balaban J connectivity index is 0.000000202. The van der Waals surface area contributed by atoms with Gasteiger partial charge in [0.05, 0.1) is 35.0 Å². The summed E-state index contributed by atoms with van der Waals surface area (Å²) in [7, 11) is 0. The van der Waals surface area contributed by atoms with Crippen molar-refractivity contribution < 1.29 is 57.4 Å². The van der Waals surface area contributed by atoms with Gasteiger partial charge in [0.2, 0.25) is 0 Å². The van der Waals surface area contributed by atoms with Gasteiger partial charge in [-0.25, -0.2) is 0 Å². The van der Waals surface area contributed by atoms with Gasteiger partial charge < -0.3 is 29.7 Å². The van der Waals surface area contributed by atoms with E-state index in [1.165, 1.54) is 48.9 Å². The second-order valence-electron chi connectivity index (χ2n) is 7.45. The molecule has 0 radical (unpaired) electrons. The smallest absolute Gasteiger partial charge is 0.0899 e. The van der Waals surface area contributed by atoms with Crippen LogP contribution < -0.4 is 19.5 Å². The average molecular weight is 749 g/mol. The number of nitrogens with zero attached hydrogens (tertiary/aromatic N) is 4. The van der Waals surface area contributed by atoms with Crippen molar-refractivity contribution in [3.05, 3.63) is 138 Å². The van der Waals surface area contributed by atoms with Crippen molar-refractivity contribution in [3.63, 3.8) is 0 Å². The van der Waals surface area contributed by atoms with Gasteiger partial charge in [0, 0.05) is 18.6 Å². The Bertz CT molecular complexity index is 1480. The molecule has 0 N–H and O–H groups in total. The summed E-state index contributed by atoms with van der Waals surface area (Å²) in [5.74, 6) is -4.86. The molecule has 0 fully saturated rings. The van der Waals surface area contributed by atoms with Crippen LogP contribution in [0.25, 0.3) is 11.1 Å². The molecule has 42 heavy (non-hydrogen) atoms. The van der Waals surface area contributed by atoms with E-state index in [4.69, 9.17) is 0 Å². The van der Waals surface area contributed by atoms with Crippen LogP contribution in [-0.2, 0) is 18.9 Å². The molecule has 0 amide bonds. The van der Waals surface area contributed by atoms with Gasteiger partial charge >= 0.3 is 96.2 Å². The maximum Gasteiger partial charge on any atom is 0.0899 e. The molecular weight excluding hydrogens is 731 g/mol. The van der Waals surface area contributed by atoms with Gasteiger partial charge in [-0.3, -0.25) is 15.0 Å². The molecule has 4 heterocycles. The first-order valence-electron chi connectivity index (χ1n) is 11.5. The summed E-state index contributed by atoms with van der Waals surface area (Å²) in [4.78, 5) is 44.7. The van der Waals surface area contributed by atoms with Crippen LogP contribution >= 0.6 is 0 Å². The first-order chi connectivity index (χ1) is 20.1. The summed E-state index contributed by atoms with van der Waals surface area (Å²) >= 11 is 1.79. The van der Waals surface area contributed by atoms with E-state index in [2.05, 4.69) is 19.9 Å². The van der Waals surface area contributed by atoms with E-state index in [0.29, 0.717) is 11.1 Å². The summed E-state index contributed by atoms with van der Waals surface area (Å²) in [5.41, 5.74) is 0.976. The van der Waals surface area contributed by atoms with Gasteiger partial charge in [-0.15, -0.1) is 0 Å². The fourth-order valence-corrected chi connectivity index (χ4v) is 3.43. The van der Waals surface area contributed by atoms with Crippen LogP contribution in [0.5, 0.6) is 0 Å². The molecule has 0 aliphatic heterocycles. The maximum absolute atomic E-state index is 13.4. The standard InChI is InChI=1S/C11H6F2N.3C6H5NO2.Ir/c12-9-3-4-10(11(13)6-9)8-2-1-5-14-7-8;3*8-6(9)5-3-1-2-4-7-5;/h1-6H;3*1-4H,(H,8,9);/q;;;;+3/p-3. The molecule has 1 aromatic carbocycles. The van der Waals surface area contributed by atoms with Crippen molar-refractivity contribution in [2.45, 2.75) is 0 Å². The first kappa shape index (κ1) is 32.9. The van der Waals surface area contributed by atoms with Gasteiger partial charge in [-0.05, 0) is 36.4 Å². The number of hydrogen-bond acceptors (Lipinski definition) is 10. The molecule has 0 unspecified atom stereocenters. The van der Waals surface area contributed by atoms with Crippen LogP contribution in [0.1, 0.15) is 31.5 Å². The van der Waals surface area contributed by atoms with Gasteiger partial charge in [0.15, 0.2) is 0 Å². The monoisotopic (exact) mass is 749 g/mol. The topological polar surface area (TPSA) is 172 Å². The second-order valence-corrected chi connectivity index (χ2v) is 8.59. The predicted octanol–water partition coefficient (Wildman–Crippen LogP) is 0.534. The summed E-state index contributed by atoms with van der Waals surface area (Å²) in [5, 5.41) is 30.1. The quantitative estimate of drug-likeness (QED) is 0.253. The molecule has 213 valence electrons. The normalized spacial score (nSPS) is 9.38. The number of carbonyl (C=O) groups is 3. The summed E-state index contributed by atoms with van der Waals surface area (Å²) in [6.45, 7) is 0. The number of pyridine rings is 4. The maximum atomic E-state index is 13.4. The number of benzene rings is 1. The fourth-order valence-electron chi connectivity index (χ4n) is 2.73. The average Bonchev–Trinajstić information content (AvgIpc) is 3.00. The third-order valence-electron chi connectivity index (χ3n) is 4.58. The minimum atomic E-state index is -1.24. The second kappa shape index (κ2) is 17.4. The Labute approximate surface area is 248 Å². The number of hydrogen-bond donors (Lipinski definition) is 0. The van der Waals surface area contributed by atoms with Crippen molar-refractivity contribution in [2.24, 2.45) is 0 Å². The van der Waals surface area contributed by atoms with Crippen LogP contribution in [0.2, 0.25) is 0 Å². The van der Waals surface area contributed by atoms with E-state index in [-0.39, 0.29) is 17.1 Å². The summed E-state index contributed by atoms with van der Waals surface area (Å²) in [6.07, 6.45) is 5.86. The molecule has 4 aromatic heterocycles. The van der Waals surface area contributed by atoms with Gasteiger partial charge in [-0.2, -0.15) is 0 Å². The van der Waals surface area contributed by atoms with Crippen molar-refractivity contribution in [1.29, 1.82) is 0 Å². The SMILES string of the molecule is Fc1ccc(-c2cccn[c]2[Ir+3])c(F)c1.O=C([O-])c1ccccn1.O=C([O-])c1ccccn1.O=C([O-])c1ccccn1. The molecule has 0 atom stereocenters.